The average Bonchev–Trinajstić information content (AvgIpc) is 2.89. The first-order valence-electron chi connectivity index (χ1n) is 5.83. The van der Waals surface area contributed by atoms with Gasteiger partial charge in [0.2, 0.25) is 0 Å². The van der Waals surface area contributed by atoms with E-state index in [1.54, 1.807) is 16.4 Å². The van der Waals surface area contributed by atoms with Crippen molar-refractivity contribution in [3.63, 3.8) is 0 Å². The van der Waals surface area contributed by atoms with Crippen LogP contribution in [0.5, 0.6) is 0 Å². The van der Waals surface area contributed by atoms with E-state index in [2.05, 4.69) is 0 Å². The maximum Gasteiger partial charge on any atom is 0.252 e. The van der Waals surface area contributed by atoms with Crippen LogP contribution in [0.2, 0.25) is 4.34 Å². The van der Waals surface area contributed by atoms with Crippen molar-refractivity contribution in [3.8, 4) is 0 Å². The van der Waals surface area contributed by atoms with E-state index in [4.69, 9.17) is 11.6 Å². The molecule has 0 aromatic carbocycles. The SMILES string of the molecule is O=S(=O)(c1ccc(Cl)s1)N1CC2CCCC2C1. The maximum absolute atomic E-state index is 12.4. The van der Waals surface area contributed by atoms with Crippen molar-refractivity contribution in [2.75, 3.05) is 13.1 Å². The molecule has 3 nitrogen and oxygen atoms in total. The molecule has 1 aliphatic heterocycles. The minimum Gasteiger partial charge on any atom is -0.206 e. The summed E-state index contributed by atoms with van der Waals surface area (Å²) in [6, 6.07) is 3.26. The fourth-order valence-corrected chi connectivity index (χ4v) is 6.14. The highest BCUT2D eigenvalue weighted by Crippen LogP contribution is 2.40. The summed E-state index contributed by atoms with van der Waals surface area (Å²) in [4.78, 5) is 0. The Morgan fingerprint density at radius 1 is 1.24 bits per heavy atom. The highest BCUT2D eigenvalue weighted by Gasteiger charge is 2.41. The Morgan fingerprint density at radius 3 is 2.41 bits per heavy atom. The van der Waals surface area contributed by atoms with Crippen LogP contribution < -0.4 is 0 Å². The predicted octanol–water partition coefficient (Wildman–Crippen LogP) is 2.82. The first-order chi connectivity index (χ1) is 8.07. The molecule has 1 aliphatic carbocycles. The van der Waals surface area contributed by atoms with Crippen LogP contribution >= 0.6 is 22.9 Å². The van der Waals surface area contributed by atoms with Crippen LogP contribution in [0.1, 0.15) is 19.3 Å². The van der Waals surface area contributed by atoms with E-state index in [9.17, 15) is 8.42 Å². The van der Waals surface area contributed by atoms with Crippen LogP contribution in [0.15, 0.2) is 16.3 Å². The van der Waals surface area contributed by atoms with Crippen LogP contribution in [-0.2, 0) is 10.0 Å². The molecular formula is C11H14ClNO2S2. The third-order valence-corrected chi connectivity index (χ3v) is 7.37. The summed E-state index contributed by atoms with van der Waals surface area (Å²) >= 11 is 6.95. The first-order valence-corrected chi connectivity index (χ1v) is 8.46. The molecule has 0 radical (unpaired) electrons. The monoisotopic (exact) mass is 291 g/mol. The molecule has 2 fully saturated rings. The Hall–Kier alpha value is -0.100. The summed E-state index contributed by atoms with van der Waals surface area (Å²) < 4.78 is 27.3. The lowest BCUT2D eigenvalue weighted by molar-refractivity contribution is 0.447. The summed E-state index contributed by atoms with van der Waals surface area (Å²) in [6.45, 7) is 1.39. The van der Waals surface area contributed by atoms with Gasteiger partial charge in [0.15, 0.2) is 0 Å². The summed E-state index contributed by atoms with van der Waals surface area (Å²) in [5.74, 6) is 1.17. The van der Waals surface area contributed by atoms with Crippen molar-refractivity contribution in [1.82, 2.24) is 4.31 Å². The van der Waals surface area contributed by atoms with Gasteiger partial charge in [-0.05, 0) is 36.8 Å². The van der Waals surface area contributed by atoms with E-state index in [0.29, 0.717) is 33.5 Å². The van der Waals surface area contributed by atoms with Crippen molar-refractivity contribution < 1.29 is 8.42 Å². The molecule has 2 aliphatic rings. The van der Waals surface area contributed by atoms with Crippen molar-refractivity contribution in [1.29, 1.82) is 0 Å². The summed E-state index contributed by atoms with van der Waals surface area (Å²) in [5, 5.41) is 0. The van der Waals surface area contributed by atoms with Crippen molar-refractivity contribution in [2.24, 2.45) is 11.8 Å². The zero-order valence-electron chi connectivity index (χ0n) is 9.30. The van der Waals surface area contributed by atoms with Crippen LogP contribution in [0, 0.1) is 11.8 Å². The Labute approximate surface area is 110 Å². The van der Waals surface area contributed by atoms with Gasteiger partial charge in [-0.2, -0.15) is 4.31 Å². The second kappa shape index (κ2) is 4.23. The summed E-state index contributed by atoms with van der Waals surface area (Å²) in [5.41, 5.74) is 0. The van der Waals surface area contributed by atoms with Gasteiger partial charge >= 0.3 is 0 Å². The molecule has 6 heteroatoms. The number of sulfonamides is 1. The lowest BCUT2D eigenvalue weighted by Crippen LogP contribution is -2.29. The first kappa shape index (κ1) is 12.0. The molecule has 2 heterocycles. The number of fused-ring (bicyclic) bond motifs is 1. The Kier molecular flexibility index (Phi) is 2.97. The number of rotatable bonds is 2. The van der Waals surface area contributed by atoms with Crippen LogP contribution in [-0.4, -0.2) is 25.8 Å². The van der Waals surface area contributed by atoms with E-state index in [0.717, 1.165) is 11.3 Å². The van der Waals surface area contributed by atoms with Gasteiger partial charge in [0.05, 0.1) is 4.34 Å². The molecule has 3 rings (SSSR count). The predicted molar refractivity (Wildman–Crippen MR) is 68.9 cm³/mol. The van der Waals surface area contributed by atoms with E-state index in [-0.39, 0.29) is 0 Å². The van der Waals surface area contributed by atoms with Crippen molar-refractivity contribution in [2.45, 2.75) is 23.5 Å². The normalized spacial score (nSPS) is 29.7. The molecule has 1 saturated carbocycles. The largest absolute Gasteiger partial charge is 0.252 e. The number of hydrogen-bond donors (Lipinski definition) is 0. The van der Waals surface area contributed by atoms with Crippen LogP contribution in [0.4, 0.5) is 0 Å². The second-order valence-corrected chi connectivity index (χ2v) is 8.71. The minimum atomic E-state index is -3.29. The fraction of sp³-hybridized carbons (Fsp3) is 0.636. The number of nitrogens with zero attached hydrogens (tertiary/aromatic N) is 1. The number of thiophene rings is 1. The van der Waals surface area contributed by atoms with Gasteiger partial charge in [0.1, 0.15) is 4.21 Å². The molecule has 0 amide bonds. The van der Waals surface area contributed by atoms with Crippen molar-refractivity contribution in [3.05, 3.63) is 16.5 Å². The molecule has 2 unspecified atom stereocenters. The molecule has 0 N–H and O–H groups in total. The average molecular weight is 292 g/mol. The van der Waals surface area contributed by atoms with Gasteiger partial charge in [-0.25, -0.2) is 8.42 Å². The van der Waals surface area contributed by atoms with Gasteiger partial charge in [0.25, 0.3) is 10.0 Å². The van der Waals surface area contributed by atoms with E-state index in [1.165, 1.54) is 19.3 Å². The Bertz CT molecular complexity index is 513. The van der Waals surface area contributed by atoms with Gasteiger partial charge in [0, 0.05) is 13.1 Å². The van der Waals surface area contributed by atoms with E-state index >= 15 is 0 Å². The zero-order valence-corrected chi connectivity index (χ0v) is 11.7. The molecule has 17 heavy (non-hydrogen) atoms. The molecular weight excluding hydrogens is 278 g/mol. The van der Waals surface area contributed by atoms with Gasteiger partial charge in [-0.1, -0.05) is 18.0 Å². The third-order valence-electron chi connectivity index (χ3n) is 3.84. The molecule has 94 valence electrons. The highest BCUT2D eigenvalue weighted by molar-refractivity contribution is 7.91. The van der Waals surface area contributed by atoms with Gasteiger partial charge in [-0.3, -0.25) is 0 Å². The van der Waals surface area contributed by atoms with E-state index < -0.39 is 10.0 Å². The quantitative estimate of drug-likeness (QED) is 0.840. The lowest BCUT2D eigenvalue weighted by atomic mass is 10.0. The number of halogens is 1. The molecule has 2 atom stereocenters. The summed E-state index contributed by atoms with van der Waals surface area (Å²) in [6.07, 6.45) is 3.62. The standard InChI is InChI=1S/C11H14ClNO2S2/c12-10-4-5-11(16-10)17(14,15)13-6-8-2-1-3-9(8)7-13/h4-5,8-9H,1-3,6-7H2. The minimum absolute atomic E-state index is 0.377. The lowest BCUT2D eigenvalue weighted by Gasteiger charge is -2.15. The topological polar surface area (TPSA) is 37.4 Å². The molecule has 0 bridgehead atoms. The molecule has 1 aromatic heterocycles. The van der Waals surface area contributed by atoms with Crippen molar-refractivity contribution >= 4 is 33.0 Å². The maximum atomic E-state index is 12.4. The smallest absolute Gasteiger partial charge is 0.206 e. The van der Waals surface area contributed by atoms with Gasteiger partial charge < -0.3 is 0 Å². The Balaban J connectivity index is 1.85. The fourth-order valence-electron chi connectivity index (χ4n) is 2.95. The zero-order chi connectivity index (χ0) is 12.0. The second-order valence-electron chi connectivity index (χ2n) is 4.83. The van der Waals surface area contributed by atoms with Crippen LogP contribution in [0.25, 0.3) is 0 Å². The Morgan fingerprint density at radius 2 is 1.88 bits per heavy atom. The van der Waals surface area contributed by atoms with Gasteiger partial charge in [-0.15, -0.1) is 11.3 Å². The van der Waals surface area contributed by atoms with Crippen LogP contribution in [0.3, 0.4) is 0 Å². The third kappa shape index (κ3) is 2.03. The molecule has 0 spiro atoms. The van der Waals surface area contributed by atoms with E-state index in [1.807, 2.05) is 0 Å². The number of hydrogen-bond acceptors (Lipinski definition) is 3. The highest BCUT2D eigenvalue weighted by atomic mass is 35.5. The molecule has 1 aromatic rings. The summed E-state index contributed by atoms with van der Waals surface area (Å²) in [7, 11) is -3.29. The molecule has 1 saturated heterocycles.